The smallest absolute Gasteiger partial charge is 0.673 e. The van der Waals surface area contributed by atoms with Gasteiger partial charge in [0.25, 0.3) is 0 Å². The normalized spacial score (nSPS) is 14.2. The first kappa shape index (κ1) is 133. The molecule has 0 spiro atoms. The summed E-state index contributed by atoms with van der Waals surface area (Å²) in [5.74, 6) is 0.0740. The fourth-order valence-corrected chi connectivity index (χ4v) is 30.7. The molecule has 0 aliphatic heterocycles. The number of imide groups is 1. The van der Waals surface area contributed by atoms with Crippen LogP contribution < -0.4 is 0 Å². The molecule has 0 N–H and O–H groups in total. The van der Waals surface area contributed by atoms with E-state index in [0.29, 0.717) is 60.8 Å². The van der Waals surface area contributed by atoms with E-state index < -0.39 is 37.6 Å². The van der Waals surface area contributed by atoms with Crippen molar-refractivity contribution in [2.24, 2.45) is 22.7 Å². The second-order valence-electron chi connectivity index (χ2n) is 38.9. The van der Waals surface area contributed by atoms with E-state index in [1.54, 1.807) is 65.8 Å². The SMILES string of the molecule is CC(C)(C)[PH+](CC(=NC1CCCCC1)[N-]C1CCCCC1)C(C)(C)C.CC(C)(C)[PH+](CC(=O)[N-]C(=O)c1ccccc1)C(C)(C)C.CC(C)(C)[PH+](CC(=S)[N-]C1CCCCC1)C(C)(C)C.CC(C)(C)[PH+](CC(=S)[N-]c1cccc2ccccc12)C(C)(C)C.COC(=O)C(C)C.COC(=O)C(C)C.COC(=O)C(C)C.[CH3-].[CH3-].[CH3-].[CH3-].[Ni+2].[Ni+2].[Ni+2].[Ni+2]. The molecular weight excluding hydrogens is 1750 g/mol. The molecule has 3 fully saturated rings. The van der Waals surface area contributed by atoms with Gasteiger partial charge >= 0.3 is 83.9 Å². The van der Waals surface area contributed by atoms with E-state index >= 15 is 0 Å². The second kappa shape index (κ2) is 64.2. The molecular formula is C94H171N5Ni4O8P4S2+4. The largest absolute Gasteiger partial charge is 2.00 e. The number of methoxy groups -OCH3 is 3. The third kappa shape index (κ3) is 58.3. The maximum absolute atomic E-state index is 12.2. The zero-order valence-electron chi connectivity index (χ0n) is 80.4. The van der Waals surface area contributed by atoms with Gasteiger partial charge in [0, 0.05) is 31.7 Å². The van der Waals surface area contributed by atoms with Gasteiger partial charge in [-0.15, -0.1) is 36.2 Å². The third-order valence-electron chi connectivity index (χ3n) is 19.6. The van der Waals surface area contributed by atoms with Crippen molar-refractivity contribution < 1.29 is 104 Å². The van der Waals surface area contributed by atoms with Crippen LogP contribution in [0.4, 0.5) is 5.69 Å². The van der Waals surface area contributed by atoms with Gasteiger partial charge in [0.05, 0.1) is 117 Å². The molecule has 3 aliphatic carbocycles. The van der Waals surface area contributed by atoms with E-state index in [0.717, 1.165) is 34.2 Å². The molecule has 688 valence electrons. The minimum absolute atomic E-state index is 0. The number of hydrogen-bond donors (Lipinski definition) is 0. The minimum Gasteiger partial charge on any atom is -0.673 e. The number of fused-ring (bicyclic) bond motifs is 1. The van der Waals surface area contributed by atoms with Crippen molar-refractivity contribution in [1.29, 1.82) is 0 Å². The van der Waals surface area contributed by atoms with Gasteiger partial charge in [-0.2, -0.15) is 0 Å². The van der Waals surface area contributed by atoms with Crippen LogP contribution in [0.1, 0.15) is 314 Å². The Kier molecular flexibility index (Phi) is 73.2. The number of amides is 2. The number of hydrogen-bond acceptors (Lipinski definition) is 11. The number of nitrogens with zero attached hydrogens (tertiary/aromatic N) is 5. The number of ether oxygens (including phenoxy) is 3. The monoisotopic (exact) mass is 1920 g/mol. The van der Waals surface area contributed by atoms with E-state index in [9.17, 15) is 24.0 Å². The summed E-state index contributed by atoms with van der Waals surface area (Å²) in [6.45, 7) is 66.7. The maximum atomic E-state index is 12.2. The van der Waals surface area contributed by atoms with E-state index in [2.05, 4.69) is 228 Å². The second-order valence-corrected chi connectivity index (χ2v) is 57.1. The zero-order valence-corrected chi connectivity index (χ0v) is 90.0. The molecule has 0 bridgehead atoms. The molecule has 2 amide bonds. The van der Waals surface area contributed by atoms with Gasteiger partial charge in [0.15, 0.2) is 0 Å². The summed E-state index contributed by atoms with van der Waals surface area (Å²) in [5, 5.41) is 23.4. The number of aliphatic imine (C=N–C) groups is 1. The number of thiocarbonyl (C=S) groups is 2. The molecule has 0 atom stereocenters. The molecule has 0 heterocycles. The summed E-state index contributed by atoms with van der Waals surface area (Å²) in [4.78, 5) is 62.1. The van der Waals surface area contributed by atoms with Gasteiger partial charge in [0.2, 0.25) is 0 Å². The molecule has 117 heavy (non-hydrogen) atoms. The predicted octanol–water partition coefficient (Wildman–Crippen LogP) is 28.8. The number of rotatable bonds is 16. The third-order valence-corrected chi connectivity index (χ3v) is 37.7. The molecule has 6 rings (SSSR count). The Morgan fingerprint density at radius 3 is 1.03 bits per heavy atom. The van der Waals surface area contributed by atoms with Crippen LogP contribution in [0, 0.1) is 47.5 Å². The first-order valence-corrected chi connectivity index (χ1v) is 48.3. The molecule has 3 aromatic rings. The maximum Gasteiger partial charge on any atom is 2.00 e. The van der Waals surface area contributed by atoms with Gasteiger partial charge in [-0.1, -0.05) is 226 Å². The zero-order chi connectivity index (χ0) is 84.3. The van der Waals surface area contributed by atoms with Gasteiger partial charge in [-0.25, -0.2) is 0 Å². The molecule has 0 saturated heterocycles. The molecule has 3 saturated carbocycles. The molecule has 13 nitrogen and oxygen atoms in total. The first-order valence-electron chi connectivity index (χ1n) is 40.7. The van der Waals surface area contributed by atoms with E-state index in [4.69, 9.17) is 45.4 Å². The van der Waals surface area contributed by atoms with Crippen molar-refractivity contribution in [3.8, 4) is 0 Å². The average molecular weight is 1920 g/mol. The Morgan fingerprint density at radius 1 is 0.393 bits per heavy atom. The molecule has 0 unspecified atom stereocenters. The number of carbonyl (C=O) groups excluding carboxylic acids is 5. The quantitative estimate of drug-likeness (QED) is 0.0196. The van der Waals surface area contributed by atoms with Crippen LogP contribution in [0.25, 0.3) is 32.0 Å². The Hall–Kier alpha value is -1.59. The number of benzene rings is 3. The van der Waals surface area contributed by atoms with Crippen LogP contribution in [0.15, 0.2) is 77.8 Å². The number of carbonyl (C=O) groups is 5. The van der Waals surface area contributed by atoms with Crippen molar-refractivity contribution >= 4 is 118 Å². The van der Waals surface area contributed by atoms with Crippen molar-refractivity contribution in [3.63, 3.8) is 0 Å². The van der Waals surface area contributed by atoms with Gasteiger partial charge in [-0.3, -0.25) is 14.4 Å². The topological polar surface area (TPSA) is 182 Å². The average Bonchev–Trinajstić information content (AvgIpc) is 0.853. The van der Waals surface area contributed by atoms with Crippen LogP contribution in [0.2, 0.25) is 0 Å². The summed E-state index contributed by atoms with van der Waals surface area (Å²) in [6.07, 6.45) is 23.6. The summed E-state index contributed by atoms with van der Waals surface area (Å²) >= 11 is 11.3. The van der Waals surface area contributed by atoms with Crippen LogP contribution in [0.3, 0.4) is 0 Å². The predicted molar refractivity (Wildman–Crippen MR) is 523 cm³/mol. The molecule has 3 aliphatic rings. The number of esters is 3. The molecule has 3 aromatic carbocycles. The van der Waals surface area contributed by atoms with Gasteiger partial charge in [-0.05, 0) is 195 Å². The van der Waals surface area contributed by atoms with Crippen LogP contribution in [-0.4, -0.2) is 151 Å². The van der Waals surface area contributed by atoms with Gasteiger partial charge < -0.3 is 79.8 Å². The summed E-state index contributed by atoms with van der Waals surface area (Å²) in [7, 11) is 1.34. The Balaban J connectivity index is -0.000000172. The van der Waals surface area contributed by atoms with Gasteiger partial charge in [0.1, 0.15) is 0 Å². The summed E-state index contributed by atoms with van der Waals surface area (Å²) < 4.78 is 13.1. The Bertz CT molecular complexity index is 3100. The number of amidine groups is 1. The van der Waals surface area contributed by atoms with Crippen LogP contribution >= 0.6 is 56.1 Å². The van der Waals surface area contributed by atoms with Crippen molar-refractivity contribution in [3.05, 3.63) is 129 Å². The summed E-state index contributed by atoms with van der Waals surface area (Å²) in [5.41, 5.74) is 1.46. The molecule has 0 aromatic heterocycles. The van der Waals surface area contributed by atoms with E-state index in [-0.39, 0.29) is 148 Å². The van der Waals surface area contributed by atoms with Crippen molar-refractivity contribution in [2.45, 2.75) is 363 Å². The van der Waals surface area contributed by atoms with Crippen LogP contribution in [-0.2, 0) is 99.4 Å². The minimum atomic E-state index is -0.997. The van der Waals surface area contributed by atoms with Crippen molar-refractivity contribution in [2.75, 3.05) is 46.0 Å². The van der Waals surface area contributed by atoms with E-state index in [1.165, 1.54) is 134 Å². The Labute approximate surface area is 777 Å². The first-order chi connectivity index (χ1) is 49.9. The van der Waals surface area contributed by atoms with Crippen molar-refractivity contribution in [1.82, 2.24) is 0 Å². The molecule has 23 heteroatoms. The fourth-order valence-electron chi connectivity index (χ4n) is 14.6. The fraction of sp³-hybridized carbons (Fsp3) is 0.702. The summed E-state index contributed by atoms with van der Waals surface area (Å²) in [6, 6.07) is 25.0. The standard InChI is InChI=1S/C22H42N2P.C20H28NPS.C17H26NO2P.C16H32NPS.3C5H10O2.4CH3.4Ni/c1-21(2,3)25(22(4,5)6)17-20(23-18-13-9-7-10-14-18)24-19-15-11-8-12-16-19;1-19(2,3)22(20(4,5)6)14-18(23)21-17-13-9-11-15-10-7-8-12-16(15)17;1-16(2,3)21(17(4,5)6)12-14(19)18-15(20)13-10-8-7-9-11-13;1-15(2,3)18(16(4,5)6)12-14(19)17-13-10-8-7-9-11-13;3*1-4(2)5(6)7-3;;;;;;;;/h18-19H,7-17H2,1-6H3;7-13H,14H2,1-6H3,(H,21,23);7-11H,12H2,1-6H3,(H,18,19,20);13H,7-12H2,1-6H3,(H,17,19);3*4H,1-3H3;4*1H3;;;;/q-1;;;;;;;4*-1;4*+2/p+1. The van der Waals surface area contributed by atoms with Crippen LogP contribution in [0.5, 0.6) is 0 Å². The molecule has 0 radical (unpaired) electrons. The van der Waals surface area contributed by atoms with E-state index in [1.807, 2.05) is 6.07 Å². The Morgan fingerprint density at radius 2 is 0.692 bits per heavy atom.